The van der Waals surface area contributed by atoms with E-state index in [2.05, 4.69) is 52.4 Å². The monoisotopic (exact) mass is 381 g/mol. The molecule has 3 rings (SSSR count). The van der Waals surface area contributed by atoms with Crippen LogP contribution in [0.3, 0.4) is 0 Å². The number of nitrogens with zero attached hydrogens (tertiary/aromatic N) is 2. The third kappa shape index (κ3) is 4.91. The highest BCUT2D eigenvalue weighted by molar-refractivity contribution is 5.95. The second-order valence-electron chi connectivity index (χ2n) is 7.63. The van der Waals surface area contributed by atoms with E-state index >= 15 is 0 Å². The summed E-state index contributed by atoms with van der Waals surface area (Å²) in [6.45, 7) is 10.1. The number of amides is 1. The third-order valence-electron chi connectivity index (χ3n) is 5.44. The molecule has 1 N–H and O–H groups in total. The molecule has 150 valence electrons. The molecule has 5 heteroatoms. The number of benzene rings is 2. The van der Waals surface area contributed by atoms with Crippen LogP contribution in [0.15, 0.2) is 42.5 Å². The van der Waals surface area contributed by atoms with E-state index in [-0.39, 0.29) is 11.9 Å². The minimum Gasteiger partial charge on any atom is -0.378 e. The second-order valence-corrected chi connectivity index (χ2v) is 7.63. The summed E-state index contributed by atoms with van der Waals surface area (Å²) >= 11 is 0. The van der Waals surface area contributed by atoms with Gasteiger partial charge in [-0.3, -0.25) is 9.69 Å². The first-order valence-electron chi connectivity index (χ1n) is 9.94. The number of ether oxygens (including phenoxy) is 1. The summed E-state index contributed by atoms with van der Waals surface area (Å²) in [5, 5.41) is 3.07. The van der Waals surface area contributed by atoms with Crippen LogP contribution >= 0.6 is 0 Å². The van der Waals surface area contributed by atoms with Gasteiger partial charge in [-0.05, 0) is 51.1 Å². The van der Waals surface area contributed by atoms with E-state index in [1.807, 2.05) is 33.0 Å². The lowest BCUT2D eigenvalue weighted by Gasteiger charge is -2.32. The van der Waals surface area contributed by atoms with Crippen LogP contribution in [0.25, 0.3) is 0 Å². The normalized spacial score (nSPS) is 15.5. The molecule has 0 aliphatic carbocycles. The highest BCUT2D eigenvalue weighted by atomic mass is 16.5. The van der Waals surface area contributed by atoms with Crippen molar-refractivity contribution in [3.8, 4) is 0 Å². The van der Waals surface area contributed by atoms with Gasteiger partial charge in [0.2, 0.25) is 5.91 Å². The minimum absolute atomic E-state index is 0.0123. The maximum absolute atomic E-state index is 12.8. The predicted octanol–water partition coefficient (Wildman–Crippen LogP) is 3.60. The van der Waals surface area contributed by atoms with Crippen LogP contribution in [0.5, 0.6) is 0 Å². The van der Waals surface area contributed by atoms with E-state index in [4.69, 9.17) is 4.74 Å². The fourth-order valence-electron chi connectivity index (χ4n) is 3.55. The van der Waals surface area contributed by atoms with E-state index in [1.54, 1.807) is 0 Å². The third-order valence-corrected chi connectivity index (χ3v) is 5.44. The van der Waals surface area contributed by atoms with Crippen molar-refractivity contribution in [2.24, 2.45) is 0 Å². The zero-order valence-corrected chi connectivity index (χ0v) is 17.4. The Morgan fingerprint density at radius 1 is 1.18 bits per heavy atom. The zero-order chi connectivity index (χ0) is 20.1. The maximum atomic E-state index is 12.8. The van der Waals surface area contributed by atoms with Crippen molar-refractivity contribution in [1.82, 2.24) is 4.90 Å². The molecule has 1 aliphatic heterocycles. The number of likely N-dealkylation sites (N-methyl/N-ethyl adjacent to an activating group) is 1. The summed E-state index contributed by atoms with van der Waals surface area (Å²) in [6.07, 6.45) is 0. The van der Waals surface area contributed by atoms with Crippen LogP contribution < -0.4 is 10.2 Å². The van der Waals surface area contributed by atoms with Crippen LogP contribution in [0, 0.1) is 13.8 Å². The molecule has 5 nitrogen and oxygen atoms in total. The van der Waals surface area contributed by atoms with Gasteiger partial charge in [-0.1, -0.05) is 35.9 Å². The van der Waals surface area contributed by atoms with Gasteiger partial charge in [0.05, 0.1) is 19.3 Å². The van der Waals surface area contributed by atoms with Gasteiger partial charge in [-0.2, -0.15) is 0 Å². The first kappa shape index (κ1) is 20.4. The lowest BCUT2D eigenvalue weighted by atomic mass is 10.1. The number of nitrogens with one attached hydrogen (secondary N) is 1. The molecule has 0 bridgehead atoms. The molecule has 1 fully saturated rings. The highest BCUT2D eigenvalue weighted by Crippen LogP contribution is 2.23. The van der Waals surface area contributed by atoms with E-state index < -0.39 is 0 Å². The van der Waals surface area contributed by atoms with Gasteiger partial charge in [0.15, 0.2) is 0 Å². The van der Waals surface area contributed by atoms with Crippen LogP contribution in [0.2, 0.25) is 0 Å². The maximum Gasteiger partial charge on any atom is 0.241 e. The molecular formula is C23H31N3O2. The average molecular weight is 382 g/mol. The summed E-state index contributed by atoms with van der Waals surface area (Å²) < 4.78 is 5.48. The van der Waals surface area contributed by atoms with Gasteiger partial charge in [-0.25, -0.2) is 0 Å². The van der Waals surface area contributed by atoms with Gasteiger partial charge < -0.3 is 15.0 Å². The molecule has 2 aromatic carbocycles. The molecule has 1 saturated heterocycles. The highest BCUT2D eigenvalue weighted by Gasteiger charge is 2.21. The number of morpholine rings is 1. The van der Waals surface area contributed by atoms with Crippen molar-refractivity contribution in [3.63, 3.8) is 0 Å². The molecule has 28 heavy (non-hydrogen) atoms. The summed E-state index contributed by atoms with van der Waals surface area (Å²) in [5.74, 6) is 0.0123. The van der Waals surface area contributed by atoms with Gasteiger partial charge in [0.25, 0.3) is 0 Å². The Morgan fingerprint density at radius 3 is 2.61 bits per heavy atom. The predicted molar refractivity (Wildman–Crippen MR) is 115 cm³/mol. The molecule has 0 saturated carbocycles. The molecule has 1 atom stereocenters. The Morgan fingerprint density at radius 2 is 1.89 bits per heavy atom. The molecule has 0 radical (unpaired) electrons. The lowest BCUT2D eigenvalue weighted by Crippen LogP contribution is -2.40. The molecule has 1 aliphatic rings. The molecule has 1 amide bonds. The van der Waals surface area contributed by atoms with E-state index in [9.17, 15) is 4.79 Å². The fraction of sp³-hybridized carbons (Fsp3) is 0.435. The summed E-state index contributed by atoms with van der Waals surface area (Å²) in [6, 6.07) is 14.3. The SMILES string of the molecule is Cc1ccc(NC(=O)[C@H](C)N(C)Cc2ccccc2N2CCOCC2)c(C)c1. The van der Waals surface area contributed by atoms with Crippen molar-refractivity contribution in [3.05, 3.63) is 59.2 Å². The lowest BCUT2D eigenvalue weighted by molar-refractivity contribution is -0.120. The van der Waals surface area contributed by atoms with Crippen molar-refractivity contribution >= 4 is 17.3 Å². The zero-order valence-electron chi connectivity index (χ0n) is 17.4. The topological polar surface area (TPSA) is 44.8 Å². The quantitative estimate of drug-likeness (QED) is 0.830. The first-order valence-corrected chi connectivity index (χ1v) is 9.94. The number of para-hydroxylation sites is 1. The fourth-order valence-corrected chi connectivity index (χ4v) is 3.55. The summed E-state index contributed by atoms with van der Waals surface area (Å²) in [4.78, 5) is 17.3. The molecule has 1 heterocycles. The van der Waals surface area contributed by atoms with Crippen molar-refractivity contribution in [2.75, 3.05) is 43.6 Å². The Kier molecular flexibility index (Phi) is 6.70. The molecule has 0 unspecified atom stereocenters. The molecular weight excluding hydrogens is 350 g/mol. The average Bonchev–Trinajstić information content (AvgIpc) is 2.70. The van der Waals surface area contributed by atoms with E-state index in [0.717, 1.165) is 44.1 Å². The van der Waals surface area contributed by atoms with Crippen LogP contribution in [0.4, 0.5) is 11.4 Å². The Bertz CT molecular complexity index is 815. The van der Waals surface area contributed by atoms with Gasteiger partial charge in [0, 0.05) is 31.0 Å². The number of hydrogen-bond donors (Lipinski definition) is 1. The molecule has 0 spiro atoms. The molecule has 2 aromatic rings. The number of anilines is 2. The van der Waals surface area contributed by atoms with Crippen molar-refractivity contribution in [1.29, 1.82) is 0 Å². The van der Waals surface area contributed by atoms with Crippen LogP contribution in [0.1, 0.15) is 23.6 Å². The molecule has 0 aromatic heterocycles. The van der Waals surface area contributed by atoms with E-state index in [1.165, 1.54) is 16.8 Å². The smallest absolute Gasteiger partial charge is 0.241 e. The van der Waals surface area contributed by atoms with Gasteiger partial charge >= 0.3 is 0 Å². The van der Waals surface area contributed by atoms with Crippen molar-refractivity contribution < 1.29 is 9.53 Å². The second kappa shape index (κ2) is 9.22. The Balaban J connectivity index is 1.67. The first-order chi connectivity index (χ1) is 13.5. The standard InChI is InChI=1S/C23H31N3O2/c1-17-9-10-21(18(2)15-17)24-23(27)19(3)25(4)16-20-7-5-6-8-22(20)26-11-13-28-14-12-26/h5-10,15,19H,11-14,16H2,1-4H3,(H,24,27)/t19-/m0/s1. The van der Waals surface area contributed by atoms with Crippen LogP contribution in [-0.4, -0.2) is 50.2 Å². The number of hydrogen-bond acceptors (Lipinski definition) is 4. The summed E-state index contributed by atoms with van der Waals surface area (Å²) in [5.41, 5.74) is 5.63. The summed E-state index contributed by atoms with van der Waals surface area (Å²) in [7, 11) is 2.00. The number of carbonyl (C=O) groups is 1. The Hall–Kier alpha value is -2.37. The largest absolute Gasteiger partial charge is 0.378 e. The number of aryl methyl sites for hydroxylation is 2. The van der Waals surface area contributed by atoms with E-state index in [0.29, 0.717) is 0 Å². The van der Waals surface area contributed by atoms with Gasteiger partial charge in [-0.15, -0.1) is 0 Å². The minimum atomic E-state index is -0.238. The van der Waals surface area contributed by atoms with Crippen LogP contribution in [-0.2, 0) is 16.1 Å². The Labute approximate surface area is 168 Å². The number of rotatable bonds is 6. The number of carbonyl (C=O) groups excluding carboxylic acids is 1. The van der Waals surface area contributed by atoms with Crippen molar-refractivity contribution in [2.45, 2.75) is 33.4 Å². The van der Waals surface area contributed by atoms with Gasteiger partial charge in [0.1, 0.15) is 0 Å².